The molecule has 3 nitrogen and oxygen atoms in total. The molecule has 0 aliphatic carbocycles. The Bertz CT molecular complexity index is 805. The molecule has 1 aliphatic heterocycles. The third-order valence-electron chi connectivity index (χ3n) is 4.32. The highest BCUT2D eigenvalue weighted by Gasteiger charge is 2.33. The second kappa shape index (κ2) is 6.05. The Morgan fingerprint density at radius 1 is 1.33 bits per heavy atom. The highest BCUT2D eigenvalue weighted by atomic mass is 19.4. The number of fused-ring (bicyclic) bond motifs is 1. The first-order valence-corrected chi connectivity index (χ1v) is 7.62. The Kier molecular flexibility index (Phi) is 4.21. The number of benzene rings is 1. The van der Waals surface area contributed by atoms with Gasteiger partial charge in [-0.1, -0.05) is 23.8 Å². The molecule has 0 atom stereocenters. The van der Waals surface area contributed by atoms with Crippen molar-refractivity contribution in [3.05, 3.63) is 58.4 Å². The Morgan fingerprint density at radius 3 is 2.79 bits per heavy atom. The number of Topliss-reactive ketones (excluding diaryl/α,β-unsaturated/α-hetero) is 1. The lowest BCUT2D eigenvalue weighted by Gasteiger charge is -2.11. The van der Waals surface area contributed by atoms with Gasteiger partial charge in [0.15, 0.2) is 5.78 Å². The molecule has 7 heteroatoms. The largest absolute Gasteiger partial charge is 0.446 e. The minimum atomic E-state index is -4.51. The fraction of sp³-hybridized carbons (Fsp3) is 0.294. The molecular weight excluding hydrogens is 318 g/mol. The topological polar surface area (TPSA) is 50.2 Å². The van der Waals surface area contributed by atoms with E-state index in [4.69, 9.17) is 0 Å². The van der Waals surface area contributed by atoms with Crippen LogP contribution in [0, 0.1) is 6.92 Å². The number of aryl methyl sites for hydroxylation is 2. The summed E-state index contributed by atoms with van der Waals surface area (Å²) in [5.74, 6) is -0.479. The van der Waals surface area contributed by atoms with Crippen LogP contribution in [0.3, 0.4) is 0 Å². The Labute approximate surface area is 137 Å². The lowest BCUT2D eigenvalue weighted by Crippen LogP contribution is -2.26. The minimum Gasteiger partial charge on any atom is -0.446 e. The molecule has 0 radical (unpaired) electrons. The second-order valence-electron chi connectivity index (χ2n) is 6.07. The van der Waals surface area contributed by atoms with Gasteiger partial charge in [0.05, 0.1) is 5.56 Å². The molecule has 0 fully saturated rings. The van der Waals surface area contributed by atoms with E-state index < -0.39 is 24.4 Å². The number of alkyl halides is 3. The lowest BCUT2D eigenvalue weighted by molar-refractivity contribution is -0.138. The summed E-state index contributed by atoms with van der Waals surface area (Å²) in [7, 11) is 0. The van der Waals surface area contributed by atoms with Crippen LogP contribution < -0.4 is 5.46 Å². The maximum absolute atomic E-state index is 12.9. The van der Waals surface area contributed by atoms with Gasteiger partial charge in [-0.2, -0.15) is 13.2 Å². The van der Waals surface area contributed by atoms with Gasteiger partial charge in [-0.25, -0.2) is 0 Å². The van der Waals surface area contributed by atoms with Crippen molar-refractivity contribution < 1.29 is 23.0 Å². The highest BCUT2D eigenvalue weighted by Crippen LogP contribution is 2.31. The molecule has 0 spiro atoms. The average Bonchev–Trinajstić information content (AvgIpc) is 2.87. The van der Waals surface area contributed by atoms with Crippen molar-refractivity contribution >= 4 is 18.2 Å². The number of carbonyl (C=O) groups excluding carboxylic acids is 1. The fourth-order valence-corrected chi connectivity index (χ4v) is 3.00. The van der Waals surface area contributed by atoms with Crippen LogP contribution in [-0.4, -0.2) is 22.7 Å². The molecule has 0 amide bonds. The monoisotopic (exact) mass is 333 g/mol. The summed E-state index contributed by atoms with van der Waals surface area (Å²) in [6.07, 6.45) is -2.05. The molecule has 1 aliphatic rings. The summed E-state index contributed by atoms with van der Waals surface area (Å²) in [4.78, 5) is 16.1. The zero-order chi connectivity index (χ0) is 17.5. The van der Waals surface area contributed by atoms with Crippen LogP contribution in [0.5, 0.6) is 0 Å². The SMILES string of the molecule is Cc1cnc(C(=O)Cc2ccc3c(c2)B(O)CC3)cc1C(F)(F)F. The number of halogens is 3. The summed E-state index contributed by atoms with van der Waals surface area (Å²) in [5.41, 5.74) is 1.45. The average molecular weight is 333 g/mol. The van der Waals surface area contributed by atoms with Gasteiger partial charge in [0.2, 0.25) is 0 Å². The van der Waals surface area contributed by atoms with E-state index in [0.717, 1.165) is 29.7 Å². The zero-order valence-electron chi connectivity index (χ0n) is 13.0. The highest BCUT2D eigenvalue weighted by molar-refractivity contribution is 6.68. The van der Waals surface area contributed by atoms with Crippen molar-refractivity contribution in [2.24, 2.45) is 0 Å². The van der Waals surface area contributed by atoms with E-state index in [2.05, 4.69) is 4.98 Å². The molecule has 24 heavy (non-hydrogen) atoms. The molecule has 2 aromatic rings. The minimum absolute atomic E-state index is 0.0142. The molecular formula is C17H15BF3NO2. The number of rotatable bonds is 3. The van der Waals surface area contributed by atoms with Gasteiger partial charge in [0.1, 0.15) is 5.69 Å². The third-order valence-corrected chi connectivity index (χ3v) is 4.32. The maximum atomic E-state index is 12.9. The number of hydrogen-bond donors (Lipinski definition) is 1. The predicted molar refractivity (Wildman–Crippen MR) is 84.6 cm³/mol. The second-order valence-corrected chi connectivity index (χ2v) is 6.07. The smallest absolute Gasteiger partial charge is 0.416 e. The van der Waals surface area contributed by atoms with Crippen LogP contribution in [0.4, 0.5) is 13.2 Å². The molecule has 0 saturated heterocycles. The van der Waals surface area contributed by atoms with Gasteiger partial charge in [0, 0.05) is 12.6 Å². The first-order chi connectivity index (χ1) is 11.3. The van der Waals surface area contributed by atoms with Gasteiger partial charge in [-0.05, 0) is 42.3 Å². The number of pyridine rings is 1. The number of hydrogen-bond acceptors (Lipinski definition) is 3. The molecule has 1 aromatic carbocycles. The Balaban J connectivity index is 1.85. The first-order valence-electron chi connectivity index (χ1n) is 7.62. The molecule has 1 aromatic heterocycles. The normalized spacial score (nSPS) is 14.0. The number of carbonyl (C=O) groups is 1. The van der Waals surface area contributed by atoms with E-state index in [9.17, 15) is 23.0 Å². The lowest BCUT2D eigenvalue weighted by atomic mass is 9.63. The summed E-state index contributed by atoms with van der Waals surface area (Å²) in [6.45, 7) is 0.774. The van der Waals surface area contributed by atoms with Crippen LogP contribution in [0.15, 0.2) is 30.5 Å². The van der Waals surface area contributed by atoms with E-state index in [-0.39, 0.29) is 17.7 Å². The van der Waals surface area contributed by atoms with Crippen molar-refractivity contribution in [3.8, 4) is 0 Å². The van der Waals surface area contributed by atoms with Crippen molar-refractivity contribution in [2.75, 3.05) is 0 Å². The summed E-state index contributed by atoms with van der Waals surface area (Å²) < 4.78 is 38.8. The summed E-state index contributed by atoms with van der Waals surface area (Å²) in [5, 5.41) is 9.89. The zero-order valence-corrected chi connectivity index (χ0v) is 13.0. The van der Waals surface area contributed by atoms with Crippen LogP contribution in [-0.2, 0) is 19.0 Å². The van der Waals surface area contributed by atoms with Crippen molar-refractivity contribution in [3.63, 3.8) is 0 Å². The molecule has 0 bridgehead atoms. The van der Waals surface area contributed by atoms with Crippen LogP contribution in [0.2, 0.25) is 6.32 Å². The van der Waals surface area contributed by atoms with E-state index in [1.807, 2.05) is 6.07 Å². The molecule has 1 N–H and O–H groups in total. The van der Waals surface area contributed by atoms with Gasteiger partial charge in [-0.15, -0.1) is 0 Å². The van der Waals surface area contributed by atoms with Crippen molar-refractivity contribution in [1.82, 2.24) is 4.98 Å². The molecule has 2 heterocycles. The molecule has 3 rings (SSSR count). The Morgan fingerprint density at radius 2 is 2.08 bits per heavy atom. The van der Waals surface area contributed by atoms with Gasteiger partial charge in [0.25, 0.3) is 0 Å². The Hall–Kier alpha value is -2.15. The van der Waals surface area contributed by atoms with Gasteiger partial charge < -0.3 is 5.02 Å². The first kappa shape index (κ1) is 16.7. The van der Waals surface area contributed by atoms with Crippen LogP contribution in [0.25, 0.3) is 0 Å². The number of ketones is 1. The van der Waals surface area contributed by atoms with E-state index >= 15 is 0 Å². The third kappa shape index (κ3) is 3.22. The number of nitrogens with zero attached hydrogens (tertiary/aromatic N) is 1. The van der Waals surface area contributed by atoms with Gasteiger partial charge in [-0.3, -0.25) is 9.78 Å². The van der Waals surface area contributed by atoms with Crippen LogP contribution >= 0.6 is 0 Å². The molecule has 124 valence electrons. The predicted octanol–water partition coefficient (Wildman–Crippen LogP) is 2.58. The summed E-state index contributed by atoms with van der Waals surface area (Å²) >= 11 is 0. The van der Waals surface area contributed by atoms with E-state index in [0.29, 0.717) is 11.9 Å². The van der Waals surface area contributed by atoms with E-state index in [1.54, 1.807) is 12.1 Å². The molecule has 0 saturated carbocycles. The summed E-state index contributed by atoms with van der Waals surface area (Å²) in [6, 6.07) is 6.19. The van der Waals surface area contributed by atoms with Crippen molar-refractivity contribution in [1.29, 1.82) is 0 Å². The van der Waals surface area contributed by atoms with Crippen molar-refractivity contribution in [2.45, 2.75) is 32.3 Å². The van der Waals surface area contributed by atoms with Gasteiger partial charge >= 0.3 is 13.1 Å². The quantitative estimate of drug-likeness (QED) is 0.694. The van der Waals surface area contributed by atoms with Crippen LogP contribution in [0.1, 0.15) is 32.7 Å². The number of aromatic nitrogens is 1. The fourth-order valence-electron chi connectivity index (χ4n) is 3.00. The standard InChI is InChI=1S/C17H15BF3NO2/c1-10-9-22-15(8-13(10)17(19,20)21)16(23)7-11-2-3-12-4-5-18(24)14(12)6-11/h2-3,6,8-9,24H,4-5,7H2,1H3. The molecule has 0 unspecified atom stereocenters. The maximum Gasteiger partial charge on any atom is 0.416 e. The van der Waals surface area contributed by atoms with E-state index in [1.165, 1.54) is 6.92 Å².